The van der Waals surface area contributed by atoms with Crippen molar-refractivity contribution < 1.29 is 19.0 Å². The van der Waals surface area contributed by atoms with Crippen LogP contribution < -0.4 is 14.8 Å². The Morgan fingerprint density at radius 1 is 1.41 bits per heavy atom. The summed E-state index contributed by atoms with van der Waals surface area (Å²) >= 11 is 0. The van der Waals surface area contributed by atoms with E-state index in [9.17, 15) is 4.79 Å². The van der Waals surface area contributed by atoms with Crippen LogP contribution in [0.15, 0.2) is 18.2 Å². The molecule has 122 valence electrons. The van der Waals surface area contributed by atoms with Crippen LogP contribution >= 0.6 is 0 Å². The van der Waals surface area contributed by atoms with Gasteiger partial charge in [-0.2, -0.15) is 0 Å². The Morgan fingerprint density at radius 2 is 2.23 bits per heavy atom. The van der Waals surface area contributed by atoms with Crippen LogP contribution in [0.3, 0.4) is 0 Å². The lowest BCUT2D eigenvalue weighted by Crippen LogP contribution is -2.31. The summed E-state index contributed by atoms with van der Waals surface area (Å²) in [6, 6.07) is 5.24. The average Bonchev–Trinajstić information content (AvgIpc) is 3.03. The fourth-order valence-corrected chi connectivity index (χ4v) is 2.30. The molecule has 1 saturated heterocycles. The number of rotatable bonds is 7. The Morgan fingerprint density at radius 3 is 2.86 bits per heavy atom. The Kier molecular flexibility index (Phi) is 6.07. The SMILES string of the molecule is COc1cc(C(=O)NCC2CCCO2)ccc1OCC(C)C. The zero-order valence-electron chi connectivity index (χ0n) is 13.6. The van der Waals surface area contributed by atoms with Gasteiger partial charge in [0.05, 0.1) is 19.8 Å². The molecule has 0 saturated carbocycles. The summed E-state index contributed by atoms with van der Waals surface area (Å²) in [7, 11) is 1.58. The Balaban J connectivity index is 1.96. The van der Waals surface area contributed by atoms with Gasteiger partial charge in [-0.15, -0.1) is 0 Å². The lowest BCUT2D eigenvalue weighted by molar-refractivity contribution is 0.0857. The van der Waals surface area contributed by atoms with Crippen molar-refractivity contribution in [3.8, 4) is 11.5 Å². The molecule has 1 aliphatic rings. The van der Waals surface area contributed by atoms with Gasteiger partial charge in [0.1, 0.15) is 0 Å². The number of methoxy groups -OCH3 is 1. The summed E-state index contributed by atoms with van der Waals surface area (Å²) < 4.78 is 16.5. The summed E-state index contributed by atoms with van der Waals surface area (Å²) in [5.74, 6) is 1.54. The third-order valence-electron chi connectivity index (χ3n) is 3.51. The first-order valence-electron chi connectivity index (χ1n) is 7.80. The summed E-state index contributed by atoms with van der Waals surface area (Å²) in [5.41, 5.74) is 0.562. The second kappa shape index (κ2) is 8.03. The summed E-state index contributed by atoms with van der Waals surface area (Å²) in [4.78, 5) is 12.2. The van der Waals surface area contributed by atoms with Crippen LogP contribution in [0, 0.1) is 5.92 Å². The van der Waals surface area contributed by atoms with Crippen molar-refractivity contribution in [3.05, 3.63) is 23.8 Å². The molecule has 1 heterocycles. The van der Waals surface area contributed by atoms with Crippen LogP contribution in [-0.4, -0.2) is 38.9 Å². The third kappa shape index (κ3) is 4.63. The number of nitrogens with one attached hydrogen (secondary N) is 1. The number of benzene rings is 1. The predicted molar refractivity (Wildman–Crippen MR) is 84.6 cm³/mol. The highest BCUT2D eigenvalue weighted by molar-refractivity contribution is 5.94. The quantitative estimate of drug-likeness (QED) is 0.841. The third-order valence-corrected chi connectivity index (χ3v) is 3.51. The summed E-state index contributed by atoms with van der Waals surface area (Å²) in [6.07, 6.45) is 2.21. The first-order valence-corrected chi connectivity index (χ1v) is 7.80. The van der Waals surface area contributed by atoms with E-state index >= 15 is 0 Å². The Labute approximate surface area is 131 Å². The van der Waals surface area contributed by atoms with Gasteiger partial charge in [-0.05, 0) is 37.0 Å². The molecule has 5 heteroatoms. The van der Waals surface area contributed by atoms with Crippen molar-refractivity contribution in [2.75, 3.05) is 26.9 Å². The number of carbonyl (C=O) groups is 1. The molecule has 1 unspecified atom stereocenters. The van der Waals surface area contributed by atoms with Crippen LogP contribution in [0.5, 0.6) is 11.5 Å². The van der Waals surface area contributed by atoms with E-state index in [-0.39, 0.29) is 12.0 Å². The van der Waals surface area contributed by atoms with Gasteiger partial charge in [0, 0.05) is 18.7 Å². The number of carbonyl (C=O) groups excluding carboxylic acids is 1. The molecular formula is C17H25NO4. The number of amides is 1. The summed E-state index contributed by atoms with van der Waals surface area (Å²) in [6.45, 7) is 6.11. The minimum atomic E-state index is -0.121. The van der Waals surface area contributed by atoms with Crippen molar-refractivity contribution in [2.45, 2.75) is 32.8 Å². The average molecular weight is 307 g/mol. The second-order valence-electron chi connectivity index (χ2n) is 5.92. The van der Waals surface area contributed by atoms with E-state index in [1.54, 1.807) is 25.3 Å². The van der Waals surface area contributed by atoms with Crippen LogP contribution in [-0.2, 0) is 4.74 Å². The van der Waals surface area contributed by atoms with E-state index in [1.165, 1.54) is 0 Å². The molecule has 0 spiro atoms. The summed E-state index contributed by atoms with van der Waals surface area (Å²) in [5, 5.41) is 2.90. The van der Waals surface area contributed by atoms with Gasteiger partial charge >= 0.3 is 0 Å². The lowest BCUT2D eigenvalue weighted by atomic mass is 10.1. The topological polar surface area (TPSA) is 56.8 Å². The van der Waals surface area contributed by atoms with E-state index in [0.29, 0.717) is 36.1 Å². The minimum absolute atomic E-state index is 0.121. The maximum atomic E-state index is 12.2. The minimum Gasteiger partial charge on any atom is -0.493 e. The zero-order chi connectivity index (χ0) is 15.9. The largest absolute Gasteiger partial charge is 0.493 e. The van der Waals surface area contributed by atoms with Gasteiger partial charge < -0.3 is 19.5 Å². The molecule has 2 rings (SSSR count). The van der Waals surface area contributed by atoms with Crippen molar-refractivity contribution in [2.24, 2.45) is 5.92 Å². The molecule has 1 aliphatic heterocycles. The fourth-order valence-electron chi connectivity index (χ4n) is 2.30. The molecule has 0 aromatic heterocycles. The molecule has 1 amide bonds. The van der Waals surface area contributed by atoms with Crippen LogP contribution in [0.4, 0.5) is 0 Å². The van der Waals surface area contributed by atoms with Gasteiger partial charge in [-0.1, -0.05) is 13.8 Å². The van der Waals surface area contributed by atoms with Crippen molar-refractivity contribution >= 4 is 5.91 Å². The van der Waals surface area contributed by atoms with E-state index in [2.05, 4.69) is 19.2 Å². The standard InChI is InChI=1S/C17H25NO4/c1-12(2)11-22-15-7-6-13(9-16(15)20-3)17(19)18-10-14-5-4-8-21-14/h6-7,9,12,14H,4-5,8,10-11H2,1-3H3,(H,18,19). The van der Waals surface area contributed by atoms with Gasteiger partial charge in [0.2, 0.25) is 0 Å². The van der Waals surface area contributed by atoms with Crippen LogP contribution in [0.1, 0.15) is 37.0 Å². The molecule has 0 bridgehead atoms. The van der Waals surface area contributed by atoms with Gasteiger partial charge in [-0.25, -0.2) is 0 Å². The maximum absolute atomic E-state index is 12.2. The molecule has 0 aliphatic carbocycles. The zero-order valence-corrected chi connectivity index (χ0v) is 13.6. The van der Waals surface area contributed by atoms with Crippen LogP contribution in [0.2, 0.25) is 0 Å². The molecule has 1 N–H and O–H groups in total. The van der Waals surface area contributed by atoms with Crippen molar-refractivity contribution in [3.63, 3.8) is 0 Å². The first kappa shape index (κ1) is 16.6. The lowest BCUT2D eigenvalue weighted by Gasteiger charge is -2.14. The normalized spacial score (nSPS) is 17.5. The molecule has 5 nitrogen and oxygen atoms in total. The van der Waals surface area contributed by atoms with Gasteiger partial charge in [-0.3, -0.25) is 4.79 Å². The highest BCUT2D eigenvalue weighted by Crippen LogP contribution is 2.28. The Bertz CT molecular complexity index is 495. The maximum Gasteiger partial charge on any atom is 0.251 e. The van der Waals surface area contributed by atoms with Crippen molar-refractivity contribution in [1.29, 1.82) is 0 Å². The first-order chi connectivity index (χ1) is 10.6. The monoisotopic (exact) mass is 307 g/mol. The van der Waals surface area contributed by atoms with Gasteiger partial charge in [0.25, 0.3) is 5.91 Å². The van der Waals surface area contributed by atoms with E-state index in [4.69, 9.17) is 14.2 Å². The molecule has 1 aromatic rings. The predicted octanol–water partition coefficient (Wildman–Crippen LogP) is 2.64. The van der Waals surface area contributed by atoms with E-state index in [1.807, 2.05) is 0 Å². The number of hydrogen-bond acceptors (Lipinski definition) is 4. The van der Waals surface area contributed by atoms with Gasteiger partial charge in [0.15, 0.2) is 11.5 Å². The van der Waals surface area contributed by atoms with E-state index < -0.39 is 0 Å². The molecule has 1 fully saturated rings. The fraction of sp³-hybridized carbons (Fsp3) is 0.588. The molecular weight excluding hydrogens is 282 g/mol. The highest BCUT2D eigenvalue weighted by Gasteiger charge is 2.17. The van der Waals surface area contributed by atoms with Crippen LogP contribution in [0.25, 0.3) is 0 Å². The molecule has 22 heavy (non-hydrogen) atoms. The molecule has 1 atom stereocenters. The number of hydrogen-bond donors (Lipinski definition) is 1. The molecule has 0 radical (unpaired) electrons. The number of ether oxygens (including phenoxy) is 3. The second-order valence-corrected chi connectivity index (χ2v) is 5.92. The molecule has 1 aromatic carbocycles. The smallest absolute Gasteiger partial charge is 0.251 e. The van der Waals surface area contributed by atoms with Crippen molar-refractivity contribution in [1.82, 2.24) is 5.32 Å². The Hall–Kier alpha value is -1.75. The highest BCUT2D eigenvalue weighted by atomic mass is 16.5. The van der Waals surface area contributed by atoms with E-state index in [0.717, 1.165) is 19.4 Å².